The van der Waals surface area contributed by atoms with Crippen molar-refractivity contribution in [1.82, 2.24) is 24.8 Å². The number of halogens is 3. The number of benzene rings is 1. The molecule has 0 saturated carbocycles. The predicted octanol–water partition coefficient (Wildman–Crippen LogP) is 3.15. The van der Waals surface area contributed by atoms with Gasteiger partial charge in [-0.2, -0.15) is 13.2 Å². The smallest absolute Gasteiger partial charge is 0.475 e. The van der Waals surface area contributed by atoms with Crippen LogP contribution in [-0.4, -0.2) is 42.7 Å². The van der Waals surface area contributed by atoms with E-state index in [0.29, 0.717) is 5.56 Å². The van der Waals surface area contributed by atoms with Gasteiger partial charge in [-0.25, -0.2) is 14.6 Å². The first-order valence-corrected chi connectivity index (χ1v) is 9.30. The van der Waals surface area contributed by atoms with E-state index < -0.39 is 12.1 Å². The number of hydrogen-bond acceptors (Lipinski definition) is 4. The third-order valence-electron chi connectivity index (χ3n) is 4.30. The van der Waals surface area contributed by atoms with Crippen molar-refractivity contribution >= 4 is 22.9 Å². The van der Waals surface area contributed by atoms with Crippen molar-refractivity contribution in [2.45, 2.75) is 45.5 Å². The standard InChI is InChI=1S/C17H21N5O2.C2HF3O2/c1-4-12(15-18-7-8-19-15)20-16(23)11-5-6-13-14(9-11)22(10(2)3)17(24)21-13;3-2(4,5)1(6)7/h5-10,12H,4H2,1-3H3,(H,18,19)(H,20,23)(H,21,24);(H,6,7). The van der Waals surface area contributed by atoms with Gasteiger partial charge in [-0.1, -0.05) is 6.92 Å². The number of carboxylic acids is 1. The van der Waals surface area contributed by atoms with Crippen LogP contribution in [-0.2, 0) is 4.79 Å². The average Bonchev–Trinajstić information content (AvgIpc) is 3.31. The van der Waals surface area contributed by atoms with Gasteiger partial charge < -0.3 is 20.4 Å². The van der Waals surface area contributed by atoms with Crippen LogP contribution in [0.5, 0.6) is 0 Å². The quantitative estimate of drug-likeness (QED) is 0.483. The Morgan fingerprint density at radius 3 is 2.42 bits per heavy atom. The van der Waals surface area contributed by atoms with Crippen molar-refractivity contribution < 1.29 is 27.9 Å². The van der Waals surface area contributed by atoms with Gasteiger partial charge in [-0.15, -0.1) is 0 Å². The number of hydrogen-bond donors (Lipinski definition) is 4. The molecule has 0 saturated heterocycles. The highest BCUT2D eigenvalue weighted by Gasteiger charge is 2.38. The molecular formula is C19H22F3N5O4. The molecule has 3 rings (SSSR count). The highest BCUT2D eigenvalue weighted by atomic mass is 19.4. The number of fused-ring (bicyclic) bond motifs is 1. The number of carbonyl (C=O) groups is 2. The van der Waals surface area contributed by atoms with Crippen molar-refractivity contribution in [3.63, 3.8) is 0 Å². The van der Waals surface area contributed by atoms with Gasteiger partial charge in [0.05, 0.1) is 17.1 Å². The van der Waals surface area contributed by atoms with E-state index in [0.717, 1.165) is 23.3 Å². The van der Waals surface area contributed by atoms with E-state index in [1.165, 1.54) is 0 Å². The molecule has 0 aliphatic carbocycles. The van der Waals surface area contributed by atoms with Crippen molar-refractivity contribution in [1.29, 1.82) is 0 Å². The van der Waals surface area contributed by atoms with Crippen molar-refractivity contribution in [3.8, 4) is 0 Å². The maximum Gasteiger partial charge on any atom is 0.490 e. The lowest BCUT2D eigenvalue weighted by Gasteiger charge is -2.15. The molecule has 12 heteroatoms. The van der Waals surface area contributed by atoms with Crippen LogP contribution in [0.2, 0.25) is 0 Å². The summed E-state index contributed by atoms with van der Waals surface area (Å²) in [7, 11) is 0. The molecule has 2 aromatic heterocycles. The third kappa shape index (κ3) is 5.74. The number of rotatable bonds is 5. The predicted molar refractivity (Wildman–Crippen MR) is 106 cm³/mol. The number of aromatic nitrogens is 4. The molecule has 1 amide bonds. The highest BCUT2D eigenvalue weighted by Crippen LogP contribution is 2.18. The fourth-order valence-electron chi connectivity index (χ4n) is 2.85. The molecule has 1 unspecified atom stereocenters. The summed E-state index contributed by atoms with van der Waals surface area (Å²) in [5.74, 6) is -2.22. The number of carbonyl (C=O) groups excluding carboxylic acids is 1. The van der Waals surface area contributed by atoms with Gasteiger partial charge in [0.25, 0.3) is 5.91 Å². The molecule has 0 fully saturated rings. The van der Waals surface area contributed by atoms with E-state index in [4.69, 9.17) is 9.90 Å². The van der Waals surface area contributed by atoms with Crippen LogP contribution in [0, 0.1) is 0 Å². The highest BCUT2D eigenvalue weighted by molar-refractivity contribution is 5.97. The van der Waals surface area contributed by atoms with E-state index in [1.807, 2.05) is 20.8 Å². The van der Waals surface area contributed by atoms with Crippen molar-refractivity contribution in [2.24, 2.45) is 0 Å². The number of nitrogens with zero attached hydrogens (tertiary/aromatic N) is 2. The van der Waals surface area contributed by atoms with E-state index in [2.05, 4.69) is 20.3 Å². The number of carboxylic acid groups (broad SMARTS) is 1. The zero-order valence-electron chi connectivity index (χ0n) is 16.9. The monoisotopic (exact) mass is 441 g/mol. The molecular weight excluding hydrogens is 419 g/mol. The Morgan fingerprint density at radius 1 is 1.29 bits per heavy atom. The van der Waals surface area contributed by atoms with Gasteiger partial charge in [0.15, 0.2) is 0 Å². The minimum absolute atomic E-state index is 0.0103. The lowest BCUT2D eigenvalue weighted by molar-refractivity contribution is -0.192. The number of alkyl halides is 3. The molecule has 2 heterocycles. The van der Waals surface area contributed by atoms with Crippen LogP contribution < -0.4 is 11.0 Å². The Morgan fingerprint density at radius 2 is 1.94 bits per heavy atom. The Hall–Kier alpha value is -3.57. The van der Waals surface area contributed by atoms with Gasteiger partial charge >= 0.3 is 17.8 Å². The zero-order valence-corrected chi connectivity index (χ0v) is 16.9. The summed E-state index contributed by atoms with van der Waals surface area (Å²) in [6.45, 7) is 5.86. The lowest BCUT2D eigenvalue weighted by atomic mass is 10.1. The summed E-state index contributed by atoms with van der Waals surface area (Å²) < 4.78 is 33.4. The van der Waals surface area contributed by atoms with Gasteiger partial charge in [0, 0.05) is 24.0 Å². The Balaban J connectivity index is 0.000000423. The number of aromatic amines is 2. The van der Waals surface area contributed by atoms with Gasteiger partial charge in [-0.05, 0) is 38.5 Å². The Labute approximate surface area is 174 Å². The second kappa shape index (κ2) is 9.49. The number of aliphatic carboxylic acids is 1. The van der Waals surface area contributed by atoms with E-state index >= 15 is 0 Å². The zero-order chi connectivity index (χ0) is 23.3. The molecule has 0 bridgehead atoms. The van der Waals surface area contributed by atoms with Crippen LogP contribution in [0.15, 0.2) is 35.4 Å². The van der Waals surface area contributed by atoms with Crippen molar-refractivity contribution in [2.75, 3.05) is 0 Å². The first-order valence-electron chi connectivity index (χ1n) is 9.30. The number of nitrogens with one attached hydrogen (secondary N) is 3. The van der Waals surface area contributed by atoms with E-state index in [-0.39, 0.29) is 23.7 Å². The van der Waals surface area contributed by atoms with E-state index in [9.17, 15) is 22.8 Å². The minimum atomic E-state index is -5.08. The summed E-state index contributed by atoms with van der Waals surface area (Å²) in [6.07, 6.45) is -0.961. The molecule has 0 aliphatic rings. The molecule has 31 heavy (non-hydrogen) atoms. The maximum atomic E-state index is 12.6. The lowest BCUT2D eigenvalue weighted by Crippen LogP contribution is -2.29. The molecule has 0 spiro atoms. The summed E-state index contributed by atoms with van der Waals surface area (Å²) in [6, 6.07) is 5.06. The van der Waals surface area contributed by atoms with Crippen molar-refractivity contribution in [3.05, 3.63) is 52.5 Å². The number of H-pyrrole nitrogens is 2. The normalized spacial score (nSPS) is 12.4. The summed E-state index contributed by atoms with van der Waals surface area (Å²) in [5, 5.41) is 10.1. The average molecular weight is 441 g/mol. The largest absolute Gasteiger partial charge is 0.490 e. The first-order chi connectivity index (χ1) is 14.5. The van der Waals surface area contributed by atoms with E-state index in [1.54, 1.807) is 35.2 Å². The Bertz CT molecular complexity index is 1100. The fraction of sp³-hybridized carbons (Fsp3) is 0.368. The SMILES string of the molecule is CCC(NC(=O)c1ccc2[nH]c(=O)n(C(C)C)c2c1)c1ncc[nH]1.O=C(O)C(F)(F)F. The van der Waals surface area contributed by atoms with Crippen LogP contribution in [0.25, 0.3) is 11.0 Å². The minimum Gasteiger partial charge on any atom is -0.475 e. The molecule has 168 valence electrons. The van der Waals surface area contributed by atoms with Crippen LogP contribution in [0.1, 0.15) is 55.5 Å². The van der Waals surface area contributed by atoms with Crippen LogP contribution in [0.3, 0.4) is 0 Å². The van der Waals surface area contributed by atoms with Crippen LogP contribution >= 0.6 is 0 Å². The number of amides is 1. The summed E-state index contributed by atoms with van der Waals surface area (Å²) in [5.41, 5.74) is 1.80. The fourth-order valence-corrected chi connectivity index (χ4v) is 2.85. The molecule has 1 aromatic carbocycles. The second-order valence-corrected chi connectivity index (χ2v) is 6.84. The van der Waals surface area contributed by atoms with Gasteiger partial charge in [0.2, 0.25) is 0 Å². The molecule has 4 N–H and O–H groups in total. The molecule has 3 aromatic rings. The van der Waals surface area contributed by atoms with Gasteiger partial charge in [-0.3, -0.25) is 9.36 Å². The molecule has 0 radical (unpaired) electrons. The number of imidazole rings is 2. The topological polar surface area (TPSA) is 133 Å². The first kappa shape index (κ1) is 23.7. The second-order valence-electron chi connectivity index (χ2n) is 6.84. The molecule has 0 aliphatic heterocycles. The Kier molecular flexibility index (Phi) is 7.26. The maximum absolute atomic E-state index is 12.6. The summed E-state index contributed by atoms with van der Waals surface area (Å²) >= 11 is 0. The van der Waals surface area contributed by atoms with Gasteiger partial charge in [0.1, 0.15) is 5.82 Å². The third-order valence-corrected chi connectivity index (χ3v) is 4.30. The molecule has 9 nitrogen and oxygen atoms in total. The summed E-state index contributed by atoms with van der Waals surface area (Å²) in [4.78, 5) is 43.6. The van der Waals surface area contributed by atoms with Crippen LogP contribution in [0.4, 0.5) is 13.2 Å². The molecule has 1 atom stereocenters.